The minimum Gasteiger partial charge on any atom is -0.296 e. The second-order valence-electron chi connectivity index (χ2n) is 4.92. The molecule has 0 radical (unpaired) electrons. The van der Waals surface area contributed by atoms with E-state index in [1.807, 2.05) is 44.2 Å². The number of rotatable bonds is 6. The number of carbonyl (C=O) groups excluding carboxylic acids is 2. The van der Waals surface area contributed by atoms with E-state index in [1.165, 1.54) is 23.9 Å². The zero-order valence-corrected chi connectivity index (χ0v) is 13.8. The van der Waals surface area contributed by atoms with Gasteiger partial charge in [-0.1, -0.05) is 30.3 Å². The molecular weight excluding hydrogens is 298 g/mol. The smallest absolute Gasteiger partial charge is 0.251 e. The van der Waals surface area contributed by atoms with Crippen LogP contribution in [0.4, 0.5) is 0 Å². The molecular formula is C16H21N3O2S. The maximum absolute atomic E-state index is 12.3. The monoisotopic (exact) mass is 319 g/mol. The highest BCUT2D eigenvalue weighted by molar-refractivity contribution is 7.95. The topological polar surface area (TPSA) is 53.0 Å². The van der Waals surface area contributed by atoms with Crippen molar-refractivity contribution in [2.24, 2.45) is 10.9 Å². The molecule has 1 heterocycles. The van der Waals surface area contributed by atoms with Crippen molar-refractivity contribution < 1.29 is 9.59 Å². The molecule has 1 aromatic rings. The van der Waals surface area contributed by atoms with Gasteiger partial charge in [0.05, 0.1) is 12.1 Å². The lowest BCUT2D eigenvalue weighted by Crippen LogP contribution is -2.49. The van der Waals surface area contributed by atoms with Crippen LogP contribution >= 0.6 is 12.1 Å². The third-order valence-electron chi connectivity index (χ3n) is 3.42. The summed E-state index contributed by atoms with van der Waals surface area (Å²) in [5, 5.41) is 0. The molecule has 1 aliphatic heterocycles. The standard InChI is InChI=1S/C16H21N3O2S/c1-3-18-15(20)14(16(21)19(4-2)22-18)12-17-11-10-13-8-6-5-7-9-13/h5-9,12,14H,3-4,10-11H2,1-2H3. The van der Waals surface area contributed by atoms with Gasteiger partial charge in [-0.3, -0.25) is 23.2 Å². The summed E-state index contributed by atoms with van der Waals surface area (Å²) >= 11 is 1.19. The molecule has 0 atom stereocenters. The van der Waals surface area contributed by atoms with Crippen LogP contribution in [0.5, 0.6) is 0 Å². The largest absolute Gasteiger partial charge is 0.296 e. The summed E-state index contributed by atoms with van der Waals surface area (Å²) in [6, 6.07) is 10.0. The number of aliphatic imine (C=N–C) groups is 1. The minimum atomic E-state index is -0.781. The van der Waals surface area contributed by atoms with E-state index in [0.717, 1.165) is 6.42 Å². The molecule has 6 heteroatoms. The fourth-order valence-corrected chi connectivity index (χ4v) is 3.05. The molecule has 5 nitrogen and oxygen atoms in total. The molecule has 1 saturated heterocycles. The van der Waals surface area contributed by atoms with Crippen LogP contribution in [-0.4, -0.2) is 46.3 Å². The van der Waals surface area contributed by atoms with E-state index in [-0.39, 0.29) is 11.8 Å². The summed E-state index contributed by atoms with van der Waals surface area (Å²) in [5.74, 6) is -1.13. The number of hydrogen-bond acceptors (Lipinski definition) is 4. The van der Waals surface area contributed by atoms with Crippen molar-refractivity contribution in [3.8, 4) is 0 Å². The first-order valence-electron chi connectivity index (χ1n) is 7.52. The summed E-state index contributed by atoms with van der Waals surface area (Å²) in [6.45, 7) is 5.52. The Balaban J connectivity index is 1.97. The maximum Gasteiger partial charge on any atom is 0.251 e. The highest BCUT2D eigenvalue weighted by Crippen LogP contribution is 2.26. The average molecular weight is 319 g/mol. The Morgan fingerprint density at radius 1 is 1.09 bits per heavy atom. The summed E-state index contributed by atoms with van der Waals surface area (Å²) in [6.07, 6.45) is 2.31. The van der Waals surface area contributed by atoms with E-state index in [1.54, 1.807) is 8.61 Å². The molecule has 2 rings (SSSR count). The van der Waals surface area contributed by atoms with E-state index >= 15 is 0 Å². The van der Waals surface area contributed by atoms with Gasteiger partial charge in [0, 0.05) is 25.8 Å². The van der Waals surface area contributed by atoms with Crippen molar-refractivity contribution in [2.45, 2.75) is 20.3 Å². The van der Waals surface area contributed by atoms with Crippen molar-refractivity contribution in [3.63, 3.8) is 0 Å². The second kappa shape index (κ2) is 7.98. The third-order valence-corrected chi connectivity index (χ3v) is 4.69. The van der Waals surface area contributed by atoms with Crippen molar-refractivity contribution >= 4 is 30.2 Å². The number of benzene rings is 1. The van der Waals surface area contributed by atoms with Gasteiger partial charge >= 0.3 is 0 Å². The summed E-state index contributed by atoms with van der Waals surface area (Å²) < 4.78 is 3.22. The van der Waals surface area contributed by atoms with Crippen molar-refractivity contribution in [2.75, 3.05) is 19.6 Å². The molecule has 0 aliphatic carbocycles. The Kier molecular flexibility index (Phi) is 6.00. The summed E-state index contributed by atoms with van der Waals surface area (Å²) in [4.78, 5) is 28.8. The molecule has 2 amide bonds. The Labute approximate surface area is 135 Å². The second-order valence-corrected chi connectivity index (χ2v) is 5.96. The number of nitrogens with zero attached hydrogens (tertiary/aromatic N) is 3. The van der Waals surface area contributed by atoms with Gasteiger partial charge in [0.1, 0.15) is 0 Å². The van der Waals surface area contributed by atoms with E-state index < -0.39 is 5.92 Å². The lowest BCUT2D eigenvalue weighted by molar-refractivity contribution is -0.140. The molecule has 1 aliphatic rings. The average Bonchev–Trinajstić information content (AvgIpc) is 2.55. The van der Waals surface area contributed by atoms with Gasteiger partial charge < -0.3 is 0 Å². The van der Waals surface area contributed by atoms with Crippen LogP contribution in [0.15, 0.2) is 35.3 Å². The zero-order chi connectivity index (χ0) is 15.9. The molecule has 118 valence electrons. The normalized spacial score (nSPS) is 16.8. The lowest BCUT2D eigenvalue weighted by atomic mass is 10.1. The van der Waals surface area contributed by atoms with Crippen molar-refractivity contribution in [1.29, 1.82) is 0 Å². The van der Waals surface area contributed by atoms with Crippen LogP contribution in [0.25, 0.3) is 0 Å². The first-order chi connectivity index (χ1) is 10.7. The van der Waals surface area contributed by atoms with Gasteiger partial charge in [-0.2, -0.15) is 0 Å². The van der Waals surface area contributed by atoms with E-state index in [4.69, 9.17) is 0 Å². The molecule has 0 unspecified atom stereocenters. The molecule has 0 N–H and O–H groups in total. The SMILES string of the molecule is CCN1SN(CC)C(=O)C(C=NCCc2ccccc2)C1=O. The fraction of sp³-hybridized carbons (Fsp3) is 0.438. The van der Waals surface area contributed by atoms with Crippen LogP contribution in [0.3, 0.4) is 0 Å². The van der Waals surface area contributed by atoms with Gasteiger partial charge in [-0.25, -0.2) is 0 Å². The Hall–Kier alpha value is -1.82. The van der Waals surface area contributed by atoms with E-state index in [2.05, 4.69) is 4.99 Å². The van der Waals surface area contributed by atoms with Crippen LogP contribution in [-0.2, 0) is 16.0 Å². The third kappa shape index (κ3) is 3.88. The van der Waals surface area contributed by atoms with Crippen molar-refractivity contribution in [1.82, 2.24) is 8.61 Å². The fourth-order valence-electron chi connectivity index (χ4n) is 2.19. The molecule has 0 bridgehead atoms. The number of amides is 2. The molecule has 1 aromatic carbocycles. The minimum absolute atomic E-state index is 0.175. The lowest BCUT2D eigenvalue weighted by Gasteiger charge is -2.34. The van der Waals surface area contributed by atoms with Gasteiger partial charge in [0.25, 0.3) is 11.8 Å². The van der Waals surface area contributed by atoms with Crippen LogP contribution in [0.1, 0.15) is 19.4 Å². The predicted octanol–water partition coefficient (Wildman–Crippen LogP) is 2.19. The van der Waals surface area contributed by atoms with E-state index in [9.17, 15) is 9.59 Å². The Morgan fingerprint density at radius 2 is 1.68 bits per heavy atom. The first kappa shape index (κ1) is 16.5. The summed E-state index contributed by atoms with van der Waals surface area (Å²) in [5.41, 5.74) is 1.20. The molecule has 22 heavy (non-hydrogen) atoms. The molecule has 0 saturated carbocycles. The highest BCUT2D eigenvalue weighted by Gasteiger charge is 2.38. The number of carbonyl (C=O) groups is 2. The van der Waals surface area contributed by atoms with Crippen LogP contribution in [0, 0.1) is 5.92 Å². The maximum atomic E-state index is 12.3. The van der Waals surface area contributed by atoms with Crippen LogP contribution in [0.2, 0.25) is 0 Å². The van der Waals surface area contributed by atoms with Crippen molar-refractivity contribution in [3.05, 3.63) is 35.9 Å². The van der Waals surface area contributed by atoms with Crippen LogP contribution < -0.4 is 0 Å². The van der Waals surface area contributed by atoms with Gasteiger partial charge in [-0.05, 0) is 25.8 Å². The Bertz CT molecular complexity index is 526. The predicted molar refractivity (Wildman–Crippen MR) is 89.4 cm³/mol. The molecule has 1 fully saturated rings. The van der Waals surface area contributed by atoms with E-state index in [0.29, 0.717) is 19.6 Å². The van der Waals surface area contributed by atoms with Gasteiger partial charge in [0.2, 0.25) is 0 Å². The number of hydrogen-bond donors (Lipinski definition) is 0. The van der Waals surface area contributed by atoms with Gasteiger partial charge in [0.15, 0.2) is 5.92 Å². The highest BCUT2D eigenvalue weighted by atomic mass is 32.2. The first-order valence-corrected chi connectivity index (χ1v) is 8.25. The molecule has 0 spiro atoms. The Morgan fingerprint density at radius 3 is 2.23 bits per heavy atom. The molecule has 0 aromatic heterocycles. The van der Waals surface area contributed by atoms with Gasteiger partial charge in [-0.15, -0.1) is 0 Å². The zero-order valence-electron chi connectivity index (χ0n) is 12.9. The quantitative estimate of drug-likeness (QED) is 0.459. The summed E-state index contributed by atoms with van der Waals surface area (Å²) in [7, 11) is 0.